The van der Waals surface area contributed by atoms with Crippen molar-refractivity contribution in [1.29, 1.82) is 5.26 Å². The summed E-state index contributed by atoms with van der Waals surface area (Å²) in [5.74, 6) is 0. The maximum absolute atomic E-state index is 9.19. The molecular weight excluding hydrogens is 244 g/mol. The predicted octanol–water partition coefficient (Wildman–Crippen LogP) is 3.69. The van der Waals surface area contributed by atoms with Crippen LogP contribution in [-0.2, 0) is 6.54 Å². The standard InChI is InChI=1S/C15H13ClN2/c16-14-8-4-7-13(9-14)15(10-17)18-11-12-5-2-1-3-6-12/h1-9,15,18H,11H2/t15-/m0/s1. The topological polar surface area (TPSA) is 35.8 Å². The van der Waals surface area contributed by atoms with Gasteiger partial charge < -0.3 is 0 Å². The van der Waals surface area contributed by atoms with Crippen LogP contribution in [0.5, 0.6) is 0 Å². The molecule has 0 bridgehead atoms. The first-order valence-corrected chi connectivity index (χ1v) is 6.10. The van der Waals surface area contributed by atoms with Gasteiger partial charge in [0.2, 0.25) is 0 Å². The van der Waals surface area contributed by atoms with E-state index in [1.807, 2.05) is 48.5 Å². The zero-order valence-corrected chi connectivity index (χ0v) is 10.6. The first-order chi connectivity index (χ1) is 8.79. The van der Waals surface area contributed by atoms with Gasteiger partial charge in [0.25, 0.3) is 0 Å². The third-order valence-electron chi connectivity index (χ3n) is 2.66. The zero-order chi connectivity index (χ0) is 12.8. The van der Waals surface area contributed by atoms with Gasteiger partial charge in [-0.1, -0.05) is 54.1 Å². The molecule has 3 heteroatoms. The van der Waals surface area contributed by atoms with Crippen molar-refractivity contribution >= 4 is 11.6 Å². The van der Waals surface area contributed by atoms with Gasteiger partial charge in [-0.25, -0.2) is 0 Å². The molecule has 1 N–H and O–H groups in total. The van der Waals surface area contributed by atoms with Crippen LogP contribution < -0.4 is 5.32 Å². The number of nitrogens with one attached hydrogen (secondary N) is 1. The Kier molecular flexibility index (Phi) is 4.35. The highest BCUT2D eigenvalue weighted by Crippen LogP contribution is 2.17. The Labute approximate surface area is 112 Å². The molecule has 0 fully saturated rings. The number of benzene rings is 2. The highest BCUT2D eigenvalue weighted by Gasteiger charge is 2.09. The smallest absolute Gasteiger partial charge is 0.121 e. The van der Waals surface area contributed by atoms with Crippen molar-refractivity contribution in [1.82, 2.24) is 5.32 Å². The zero-order valence-electron chi connectivity index (χ0n) is 9.81. The Balaban J connectivity index is 2.05. The minimum absolute atomic E-state index is 0.344. The van der Waals surface area contributed by atoms with Crippen LogP contribution in [0.2, 0.25) is 5.02 Å². The van der Waals surface area contributed by atoms with E-state index in [-0.39, 0.29) is 6.04 Å². The molecule has 0 unspecified atom stereocenters. The van der Waals surface area contributed by atoms with Gasteiger partial charge in [-0.15, -0.1) is 0 Å². The maximum Gasteiger partial charge on any atom is 0.121 e. The fourth-order valence-corrected chi connectivity index (χ4v) is 1.94. The lowest BCUT2D eigenvalue weighted by atomic mass is 10.1. The van der Waals surface area contributed by atoms with Gasteiger partial charge in [-0.05, 0) is 23.3 Å². The molecule has 0 aliphatic heterocycles. The monoisotopic (exact) mass is 256 g/mol. The minimum atomic E-state index is -0.344. The second kappa shape index (κ2) is 6.20. The Hall–Kier alpha value is -1.82. The van der Waals surface area contributed by atoms with Crippen LogP contribution in [0.25, 0.3) is 0 Å². The van der Waals surface area contributed by atoms with Crippen LogP contribution in [0.3, 0.4) is 0 Å². The van der Waals surface area contributed by atoms with Crippen molar-refractivity contribution in [2.75, 3.05) is 0 Å². The van der Waals surface area contributed by atoms with E-state index in [1.54, 1.807) is 6.07 Å². The summed E-state index contributed by atoms with van der Waals surface area (Å²) in [5.41, 5.74) is 2.04. The van der Waals surface area contributed by atoms with E-state index >= 15 is 0 Å². The first kappa shape index (κ1) is 12.6. The fourth-order valence-electron chi connectivity index (χ4n) is 1.74. The molecule has 2 rings (SSSR count). The van der Waals surface area contributed by atoms with Gasteiger partial charge in [0, 0.05) is 11.6 Å². The van der Waals surface area contributed by atoms with E-state index in [0.29, 0.717) is 11.6 Å². The maximum atomic E-state index is 9.19. The van der Waals surface area contributed by atoms with E-state index in [9.17, 15) is 5.26 Å². The van der Waals surface area contributed by atoms with Crippen molar-refractivity contribution in [3.05, 3.63) is 70.7 Å². The van der Waals surface area contributed by atoms with Crippen molar-refractivity contribution < 1.29 is 0 Å². The lowest BCUT2D eigenvalue weighted by molar-refractivity contribution is 0.630. The summed E-state index contributed by atoms with van der Waals surface area (Å²) in [6.45, 7) is 0.658. The quantitative estimate of drug-likeness (QED) is 0.906. The van der Waals surface area contributed by atoms with Crippen molar-refractivity contribution in [3.63, 3.8) is 0 Å². The van der Waals surface area contributed by atoms with Gasteiger partial charge in [-0.3, -0.25) is 5.32 Å². The SMILES string of the molecule is N#C[C@H](NCc1ccccc1)c1cccc(Cl)c1. The van der Waals surface area contributed by atoms with E-state index in [0.717, 1.165) is 11.1 Å². The molecule has 0 saturated carbocycles. The molecule has 0 spiro atoms. The van der Waals surface area contributed by atoms with Crippen LogP contribution in [0.1, 0.15) is 17.2 Å². The summed E-state index contributed by atoms with van der Waals surface area (Å²) >= 11 is 5.93. The Morgan fingerprint density at radius 1 is 1.11 bits per heavy atom. The normalized spacial score (nSPS) is 11.8. The molecule has 0 aliphatic carbocycles. The van der Waals surface area contributed by atoms with Crippen LogP contribution >= 0.6 is 11.6 Å². The lowest BCUT2D eigenvalue weighted by Gasteiger charge is -2.12. The molecule has 2 aromatic rings. The summed E-state index contributed by atoms with van der Waals surface area (Å²) in [5, 5.41) is 13.0. The second-order valence-corrected chi connectivity index (χ2v) is 4.42. The van der Waals surface area contributed by atoms with Gasteiger partial charge in [0.05, 0.1) is 6.07 Å². The van der Waals surface area contributed by atoms with Crippen LogP contribution in [0.4, 0.5) is 0 Å². The second-order valence-electron chi connectivity index (χ2n) is 3.98. The van der Waals surface area contributed by atoms with E-state index < -0.39 is 0 Å². The number of halogens is 1. The highest BCUT2D eigenvalue weighted by molar-refractivity contribution is 6.30. The number of nitriles is 1. The van der Waals surface area contributed by atoms with Crippen LogP contribution in [0.15, 0.2) is 54.6 Å². The number of hydrogen-bond donors (Lipinski definition) is 1. The molecule has 1 atom stereocenters. The molecule has 0 heterocycles. The Bertz CT molecular complexity index is 546. The molecule has 2 nitrogen and oxygen atoms in total. The number of rotatable bonds is 4. The van der Waals surface area contributed by atoms with Crippen LogP contribution in [-0.4, -0.2) is 0 Å². The molecular formula is C15H13ClN2. The summed E-state index contributed by atoms with van der Waals surface area (Å²) in [6.07, 6.45) is 0. The molecule has 0 saturated heterocycles. The van der Waals surface area contributed by atoms with Gasteiger partial charge in [0.15, 0.2) is 0 Å². The lowest BCUT2D eigenvalue weighted by Crippen LogP contribution is -2.19. The van der Waals surface area contributed by atoms with Gasteiger partial charge in [0.1, 0.15) is 6.04 Å². The predicted molar refractivity (Wildman–Crippen MR) is 73.1 cm³/mol. The number of hydrogen-bond acceptors (Lipinski definition) is 2. The van der Waals surface area contributed by atoms with Crippen molar-refractivity contribution in [2.24, 2.45) is 0 Å². The molecule has 18 heavy (non-hydrogen) atoms. The molecule has 90 valence electrons. The minimum Gasteiger partial charge on any atom is -0.294 e. The fraction of sp³-hybridized carbons (Fsp3) is 0.133. The summed E-state index contributed by atoms with van der Waals surface area (Å²) in [4.78, 5) is 0. The largest absolute Gasteiger partial charge is 0.294 e. The van der Waals surface area contributed by atoms with E-state index in [2.05, 4.69) is 11.4 Å². The average molecular weight is 257 g/mol. The summed E-state index contributed by atoms with van der Waals surface area (Å²) in [6, 6.07) is 19.3. The van der Waals surface area contributed by atoms with Crippen LogP contribution in [0, 0.1) is 11.3 Å². The Morgan fingerprint density at radius 2 is 1.89 bits per heavy atom. The van der Waals surface area contributed by atoms with Gasteiger partial charge in [-0.2, -0.15) is 5.26 Å². The molecule has 0 amide bonds. The van der Waals surface area contributed by atoms with Crippen molar-refractivity contribution in [2.45, 2.75) is 12.6 Å². The van der Waals surface area contributed by atoms with Crippen molar-refractivity contribution in [3.8, 4) is 6.07 Å². The molecule has 0 aromatic heterocycles. The first-order valence-electron chi connectivity index (χ1n) is 5.72. The summed E-state index contributed by atoms with van der Waals surface area (Å²) < 4.78 is 0. The van der Waals surface area contributed by atoms with Gasteiger partial charge >= 0.3 is 0 Å². The third kappa shape index (κ3) is 3.33. The third-order valence-corrected chi connectivity index (χ3v) is 2.90. The molecule has 0 aliphatic rings. The molecule has 0 radical (unpaired) electrons. The molecule has 2 aromatic carbocycles. The average Bonchev–Trinajstić information content (AvgIpc) is 2.41. The highest BCUT2D eigenvalue weighted by atomic mass is 35.5. The van der Waals surface area contributed by atoms with E-state index in [4.69, 9.17) is 11.6 Å². The Morgan fingerprint density at radius 3 is 2.56 bits per heavy atom. The number of nitrogens with zero attached hydrogens (tertiary/aromatic N) is 1. The van der Waals surface area contributed by atoms with E-state index in [1.165, 1.54) is 0 Å². The summed E-state index contributed by atoms with van der Waals surface area (Å²) in [7, 11) is 0.